The smallest absolute Gasteiger partial charge is 0.227 e. The second kappa shape index (κ2) is 9.16. The minimum Gasteiger partial charge on any atom is -0.341 e. The van der Waals surface area contributed by atoms with Gasteiger partial charge in [-0.15, -0.1) is 12.4 Å². The van der Waals surface area contributed by atoms with E-state index in [0.717, 1.165) is 31.5 Å². The Morgan fingerprint density at radius 3 is 2.50 bits per heavy atom. The molecule has 0 radical (unpaired) electrons. The topological polar surface area (TPSA) is 32.3 Å². The van der Waals surface area contributed by atoms with Crippen molar-refractivity contribution in [2.75, 3.05) is 20.1 Å². The Balaban J connectivity index is 0.00000242. The summed E-state index contributed by atoms with van der Waals surface area (Å²) in [5, 5.41) is 3.28. The van der Waals surface area contributed by atoms with Gasteiger partial charge in [-0.25, -0.2) is 0 Å². The third-order valence-corrected chi connectivity index (χ3v) is 4.20. The average molecular weight is 325 g/mol. The molecule has 3 nitrogen and oxygen atoms in total. The normalized spacial score (nSPS) is 18.2. The van der Waals surface area contributed by atoms with Crippen LogP contribution in [0.1, 0.15) is 37.8 Å². The molecule has 124 valence electrons. The molecule has 1 saturated heterocycles. The second-order valence-corrected chi connectivity index (χ2v) is 6.56. The molecule has 1 aliphatic rings. The summed E-state index contributed by atoms with van der Waals surface area (Å²) in [6.45, 7) is 6.21. The van der Waals surface area contributed by atoms with E-state index in [1.165, 1.54) is 12.0 Å². The molecule has 1 fully saturated rings. The molecule has 1 N–H and O–H groups in total. The molecule has 22 heavy (non-hydrogen) atoms. The van der Waals surface area contributed by atoms with Crippen LogP contribution in [-0.2, 0) is 17.6 Å². The number of likely N-dealkylation sites (tertiary alicyclic amines) is 1. The molecule has 0 saturated carbocycles. The van der Waals surface area contributed by atoms with E-state index in [9.17, 15) is 4.79 Å². The van der Waals surface area contributed by atoms with Crippen LogP contribution in [0.25, 0.3) is 0 Å². The third-order valence-electron chi connectivity index (χ3n) is 4.20. The first-order valence-corrected chi connectivity index (χ1v) is 8.11. The molecule has 0 aromatic heterocycles. The summed E-state index contributed by atoms with van der Waals surface area (Å²) in [4.78, 5) is 14.4. The van der Waals surface area contributed by atoms with Gasteiger partial charge < -0.3 is 10.2 Å². The lowest BCUT2D eigenvalue weighted by Crippen LogP contribution is -2.47. The molecule has 1 aliphatic heterocycles. The van der Waals surface area contributed by atoms with Crippen LogP contribution in [-0.4, -0.2) is 37.0 Å². The van der Waals surface area contributed by atoms with Crippen LogP contribution in [0.4, 0.5) is 0 Å². The minimum atomic E-state index is 0. The maximum atomic E-state index is 12.4. The van der Waals surface area contributed by atoms with Crippen LogP contribution in [0.5, 0.6) is 0 Å². The molecule has 2 rings (SSSR count). The fourth-order valence-electron chi connectivity index (χ4n) is 2.99. The molecule has 1 aromatic rings. The molecule has 1 atom stereocenters. The van der Waals surface area contributed by atoms with Gasteiger partial charge in [0.15, 0.2) is 0 Å². The van der Waals surface area contributed by atoms with Crippen LogP contribution in [0.2, 0.25) is 0 Å². The van der Waals surface area contributed by atoms with Crippen LogP contribution in [0.3, 0.4) is 0 Å². The number of amides is 1. The molecular formula is C18H29ClN2O. The summed E-state index contributed by atoms with van der Waals surface area (Å²) in [7, 11) is 1.98. The van der Waals surface area contributed by atoms with Crippen molar-refractivity contribution in [1.82, 2.24) is 10.2 Å². The van der Waals surface area contributed by atoms with Crippen LogP contribution >= 0.6 is 12.4 Å². The standard InChI is InChI=1S/C18H28N2O.ClH/c1-14(2)11-15-6-8-16(9-7-15)12-18(21)20-10-4-5-17(13-20)19-3;/h6-9,14,17,19H,4-5,10-13H2,1-3H3;1H. The average Bonchev–Trinajstić information content (AvgIpc) is 2.49. The predicted molar refractivity (Wildman–Crippen MR) is 94.6 cm³/mol. The molecule has 4 heteroatoms. The van der Waals surface area contributed by atoms with Crippen LogP contribution in [0, 0.1) is 5.92 Å². The van der Waals surface area contributed by atoms with Gasteiger partial charge >= 0.3 is 0 Å². The van der Waals surface area contributed by atoms with Gasteiger partial charge in [-0.05, 0) is 43.4 Å². The summed E-state index contributed by atoms with van der Waals surface area (Å²) < 4.78 is 0. The first kappa shape index (κ1) is 19.0. The van der Waals surface area contributed by atoms with E-state index < -0.39 is 0 Å². The van der Waals surface area contributed by atoms with E-state index in [2.05, 4.69) is 43.4 Å². The Morgan fingerprint density at radius 2 is 1.91 bits per heavy atom. The first-order chi connectivity index (χ1) is 10.1. The van der Waals surface area contributed by atoms with Gasteiger partial charge in [0.2, 0.25) is 5.91 Å². The van der Waals surface area contributed by atoms with Crippen LogP contribution in [0.15, 0.2) is 24.3 Å². The van der Waals surface area contributed by atoms with Gasteiger partial charge in [0.25, 0.3) is 0 Å². The molecule has 1 unspecified atom stereocenters. The Kier molecular flexibility index (Phi) is 7.91. The molecule has 0 aliphatic carbocycles. The van der Waals surface area contributed by atoms with E-state index in [1.807, 2.05) is 11.9 Å². The zero-order valence-electron chi connectivity index (χ0n) is 14.0. The van der Waals surface area contributed by atoms with E-state index in [1.54, 1.807) is 0 Å². The number of likely N-dealkylation sites (N-methyl/N-ethyl adjacent to an activating group) is 1. The van der Waals surface area contributed by atoms with E-state index in [-0.39, 0.29) is 18.3 Å². The minimum absolute atomic E-state index is 0. The Morgan fingerprint density at radius 1 is 1.27 bits per heavy atom. The van der Waals surface area contributed by atoms with Crippen molar-refractivity contribution in [3.63, 3.8) is 0 Å². The number of nitrogens with zero attached hydrogens (tertiary/aromatic N) is 1. The Hall–Kier alpha value is -1.06. The first-order valence-electron chi connectivity index (χ1n) is 8.11. The van der Waals surface area contributed by atoms with Crippen molar-refractivity contribution in [3.05, 3.63) is 35.4 Å². The summed E-state index contributed by atoms with van der Waals surface area (Å²) in [6.07, 6.45) is 3.90. The molecule has 1 amide bonds. The number of halogens is 1. The highest BCUT2D eigenvalue weighted by Crippen LogP contribution is 2.14. The summed E-state index contributed by atoms with van der Waals surface area (Å²) in [5.41, 5.74) is 2.48. The highest BCUT2D eigenvalue weighted by atomic mass is 35.5. The van der Waals surface area contributed by atoms with Gasteiger partial charge in [0.05, 0.1) is 6.42 Å². The van der Waals surface area contributed by atoms with E-state index >= 15 is 0 Å². The number of hydrogen-bond donors (Lipinski definition) is 1. The SMILES string of the molecule is CNC1CCCN(C(=O)Cc2ccc(CC(C)C)cc2)C1.Cl. The van der Waals surface area contributed by atoms with Crippen LogP contribution < -0.4 is 5.32 Å². The summed E-state index contributed by atoms with van der Waals surface area (Å²) in [6, 6.07) is 8.99. The third kappa shape index (κ3) is 5.62. The molecule has 1 aromatic carbocycles. The predicted octanol–water partition coefficient (Wildman–Crippen LogP) is 3.06. The maximum Gasteiger partial charge on any atom is 0.227 e. The van der Waals surface area contributed by atoms with Crippen molar-refractivity contribution in [2.45, 2.75) is 45.6 Å². The second-order valence-electron chi connectivity index (χ2n) is 6.56. The van der Waals surface area contributed by atoms with Gasteiger partial charge in [0.1, 0.15) is 0 Å². The van der Waals surface area contributed by atoms with Gasteiger partial charge in [-0.3, -0.25) is 4.79 Å². The molecule has 1 heterocycles. The van der Waals surface area contributed by atoms with Crippen molar-refractivity contribution in [1.29, 1.82) is 0 Å². The lowest BCUT2D eigenvalue weighted by molar-refractivity contribution is -0.131. The number of rotatable bonds is 5. The number of hydrogen-bond acceptors (Lipinski definition) is 2. The van der Waals surface area contributed by atoms with Crippen molar-refractivity contribution in [3.8, 4) is 0 Å². The maximum absolute atomic E-state index is 12.4. The largest absolute Gasteiger partial charge is 0.341 e. The Labute approximate surface area is 140 Å². The lowest BCUT2D eigenvalue weighted by Gasteiger charge is -2.32. The van der Waals surface area contributed by atoms with Gasteiger partial charge in [0, 0.05) is 19.1 Å². The van der Waals surface area contributed by atoms with E-state index in [0.29, 0.717) is 18.4 Å². The number of nitrogens with one attached hydrogen (secondary N) is 1. The van der Waals surface area contributed by atoms with Crippen molar-refractivity contribution in [2.24, 2.45) is 5.92 Å². The highest BCUT2D eigenvalue weighted by molar-refractivity contribution is 5.85. The van der Waals surface area contributed by atoms with Gasteiger partial charge in [-0.2, -0.15) is 0 Å². The lowest BCUT2D eigenvalue weighted by atomic mass is 10.0. The molecule has 0 bridgehead atoms. The quantitative estimate of drug-likeness (QED) is 0.903. The summed E-state index contributed by atoms with van der Waals surface area (Å²) in [5.74, 6) is 0.927. The number of carbonyl (C=O) groups excluding carboxylic acids is 1. The fourth-order valence-corrected chi connectivity index (χ4v) is 2.99. The monoisotopic (exact) mass is 324 g/mol. The number of benzene rings is 1. The number of carbonyl (C=O) groups is 1. The zero-order valence-corrected chi connectivity index (χ0v) is 14.8. The van der Waals surface area contributed by atoms with Gasteiger partial charge in [-0.1, -0.05) is 38.1 Å². The molecule has 0 spiro atoms. The van der Waals surface area contributed by atoms with Crippen molar-refractivity contribution < 1.29 is 4.79 Å². The summed E-state index contributed by atoms with van der Waals surface area (Å²) >= 11 is 0. The molecular weight excluding hydrogens is 296 g/mol. The van der Waals surface area contributed by atoms with Crippen molar-refractivity contribution >= 4 is 18.3 Å². The number of piperidine rings is 1. The Bertz CT molecular complexity index is 459. The fraction of sp³-hybridized carbons (Fsp3) is 0.611. The van der Waals surface area contributed by atoms with E-state index in [4.69, 9.17) is 0 Å². The zero-order chi connectivity index (χ0) is 15.2. The highest BCUT2D eigenvalue weighted by Gasteiger charge is 2.22.